The van der Waals surface area contributed by atoms with Crippen molar-refractivity contribution in [2.45, 2.75) is 70.8 Å². The third kappa shape index (κ3) is 7.50. The minimum atomic E-state index is -0.561. The Morgan fingerprint density at radius 3 is 2.32 bits per heavy atom. The summed E-state index contributed by atoms with van der Waals surface area (Å²) in [4.78, 5) is 24.1. The van der Waals surface area contributed by atoms with Crippen molar-refractivity contribution in [2.24, 2.45) is 0 Å². The van der Waals surface area contributed by atoms with Crippen LogP contribution in [0.3, 0.4) is 0 Å². The average molecular weight is 390 g/mol. The van der Waals surface area contributed by atoms with Gasteiger partial charge >= 0.3 is 12.0 Å². The van der Waals surface area contributed by atoms with Crippen LogP contribution >= 0.6 is 0 Å². The minimum Gasteiger partial charge on any atom is -0.466 e. The zero-order chi connectivity index (χ0) is 20.2. The normalized spacial score (nSPS) is 14.8. The van der Waals surface area contributed by atoms with E-state index in [-0.39, 0.29) is 18.4 Å². The highest BCUT2D eigenvalue weighted by molar-refractivity contribution is 5.90. The number of amides is 2. The lowest BCUT2D eigenvalue weighted by atomic mass is 9.88. The van der Waals surface area contributed by atoms with Gasteiger partial charge in [-0.1, -0.05) is 51.2 Å². The molecule has 2 amide bonds. The first kappa shape index (κ1) is 22.2. The van der Waals surface area contributed by atoms with Gasteiger partial charge in [0, 0.05) is 18.8 Å². The molecule has 1 aliphatic heterocycles. The van der Waals surface area contributed by atoms with Crippen LogP contribution in [-0.4, -0.2) is 37.2 Å². The second-order valence-corrected chi connectivity index (χ2v) is 7.66. The topological polar surface area (TPSA) is 79.5 Å². The van der Waals surface area contributed by atoms with Crippen molar-refractivity contribution in [3.63, 3.8) is 0 Å². The molecule has 0 atom stereocenters. The number of ether oxygens (including phenoxy) is 1. The molecule has 0 unspecified atom stereocenters. The van der Waals surface area contributed by atoms with Gasteiger partial charge in [0.25, 0.3) is 0 Å². The summed E-state index contributed by atoms with van der Waals surface area (Å²) in [6.45, 7) is 5.49. The lowest BCUT2D eigenvalue weighted by Gasteiger charge is -2.42. The second-order valence-electron chi connectivity index (χ2n) is 7.66. The van der Waals surface area contributed by atoms with Gasteiger partial charge in [-0.3, -0.25) is 4.79 Å². The van der Waals surface area contributed by atoms with Crippen molar-refractivity contribution < 1.29 is 14.3 Å². The molecule has 1 saturated heterocycles. The second kappa shape index (κ2) is 11.7. The predicted molar refractivity (Wildman–Crippen MR) is 113 cm³/mol. The van der Waals surface area contributed by atoms with Crippen molar-refractivity contribution in [2.75, 3.05) is 25.0 Å². The van der Waals surface area contributed by atoms with Crippen LogP contribution in [0.5, 0.6) is 0 Å². The number of carbonyl (C=O) groups is 2. The molecule has 0 radical (unpaired) electrons. The number of benzene rings is 1. The first-order valence-corrected chi connectivity index (χ1v) is 10.6. The summed E-state index contributed by atoms with van der Waals surface area (Å²) in [7, 11) is 0. The molecule has 28 heavy (non-hydrogen) atoms. The molecule has 0 saturated carbocycles. The number of unbranched alkanes of at least 4 members (excludes halogenated alkanes) is 5. The number of urea groups is 1. The van der Waals surface area contributed by atoms with Crippen LogP contribution in [0.2, 0.25) is 0 Å². The maximum absolute atomic E-state index is 12.3. The first-order valence-electron chi connectivity index (χ1n) is 10.6. The number of aryl methyl sites for hydroxylation is 1. The Kier molecular flexibility index (Phi) is 9.28. The van der Waals surface area contributed by atoms with Crippen LogP contribution in [-0.2, 0) is 16.0 Å². The van der Waals surface area contributed by atoms with E-state index in [1.165, 1.54) is 44.1 Å². The molecule has 156 valence electrons. The number of hydrogen-bond acceptors (Lipinski definition) is 4. The Hall–Kier alpha value is -2.08. The lowest BCUT2D eigenvalue weighted by Crippen LogP contribution is -2.70. The molecule has 1 aromatic carbocycles. The molecular weight excluding hydrogens is 354 g/mol. The van der Waals surface area contributed by atoms with Crippen molar-refractivity contribution in [3.8, 4) is 0 Å². The van der Waals surface area contributed by atoms with Gasteiger partial charge < -0.3 is 20.7 Å². The van der Waals surface area contributed by atoms with E-state index in [0.717, 1.165) is 12.1 Å². The first-order chi connectivity index (χ1) is 13.6. The molecule has 2 rings (SSSR count). The molecule has 1 fully saturated rings. The Morgan fingerprint density at radius 2 is 1.71 bits per heavy atom. The average Bonchev–Trinajstić information content (AvgIpc) is 2.64. The number of nitrogens with one attached hydrogen (secondary N) is 3. The van der Waals surface area contributed by atoms with Crippen LogP contribution in [0.4, 0.5) is 10.5 Å². The standard InChI is InChI=1S/C22H35N3O3/c1-3-5-6-7-8-9-10-18-11-13-19(14-12-18)24-21(27)25-22(16-23-17-22)15-20(26)28-4-2/h11-14,23H,3-10,15-17H2,1-2H3,(H2,24,25,27). The summed E-state index contributed by atoms with van der Waals surface area (Å²) in [6.07, 6.45) is 9.00. The van der Waals surface area contributed by atoms with Crippen LogP contribution in [0, 0.1) is 0 Å². The summed E-state index contributed by atoms with van der Waals surface area (Å²) < 4.78 is 5.01. The van der Waals surface area contributed by atoms with Gasteiger partial charge in [-0.05, 0) is 37.5 Å². The summed E-state index contributed by atoms with van der Waals surface area (Å²) in [5.41, 5.74) is 1.49. The van der Waals surface area contributed by atoms with Gasteiger partial charge in [0.2, 0.25) is 0 Å². The fourth-order valence-electron chi connectivity index (χ4n) is 3.44. The highest BCUT2D eigenvalue weighted by Gasteiger charge is 2.41. The third-order valence-corrected chi connectivity index (χ3v) is 5.12. The van der Waals surface area contributed by atoms with Gasteiger partial charge in [0.15, 0.2) is 0 Å². The minimum absolute atomic E-state index is 0.179. The third-order valence-electron chi connectivity index (χ3n) is 5.12. The quantitative estimate of drug-likeness (QED) is 0.373. The SMILES string of the molecule is CCCCCCCCc1ccc(NC(=O)NC2(CC(=O)OCC)CNC2)cc1. The monoisotopic (exact) mass is 389 g/mol. The summed E-state index contributed by atoms with van der Waals surface area (Å²) in [5.74, 6) is -0.289. The maximum atomic E-state index is 12.3. The van der Waals surface area contributed by atoms with Crippen molar-refractivity contribution >= 4 is 17.7 Å². The van der Waals surface area contributed by atoms with Crippen molar-refractivity contribution in [3.05, 3.63) is 29.8 Å². The largest absolute Gasteiger partial charge is 0.466 e. The molecule has 0 aliphatic carbocycles. The Morgan fingerprint density at radius 1 is 1.04 bits per heavy atom. The number of hydrogen-bond donors (Lipinski definition) is 3. The molecule has 0 aromatic heterocycles. The predicted octanol–water partition coefficient (Wildman–Crippen LogP) is 4.01. The summed E-state index contributed by atoms with van der Waals surface area (Å²) >= 11 is 0. The zero-order valence-electron chi connectivity index (χ0n) is 17.3. The molecule has 0 bridgehead atoms. The van der Waals surface area contributed by atoms with Crippen molar-refractivity contribution in [1.82, 2.24) is 10.6 Å². The van der Waals surface area contributed by atoms with E-state index >= 15 is 0 Å². The van der Waals surface area contributed by atoms with E-state index < -0.39 is 5.54 Å². The van der Waals surface area contributed by atoms with E-state index in [9.17, 15) is 9.59 Å². The number of anilines is 1. The van der Waals surface area contributed by atoms with E-state index in [2.05, 4.69) is 35.0 Å². The molecule has 6 heteroatoms. The number of carbonyl (C=O) groups excluding carboxylic acids is 2. The van der Waals surface area contributed by atoms with Crippen LogP contribution < -0.4 is 16.0 Å². The van der Waals surface area contributed by atoms with Gasteiger partial charge in [0.05, 0.1) is 18.6 Å². The molecule has 3 N–H and O–H groups in total. The van der Waals surface area contributed by atoms with E-state index in [4.69, 9.17) is 4.74 Å². The van der Waals surface area contributed by atoms with Crippen LogP contribution in [0.25, 0.3) is 0 Å². The van der Waals surface area contributed by atoms with Crippen LogP contribution in [0.15, 0.2) is 24.3 Å². The fraction of sp³-hybridized carbons (Fsp3) is 0.636. The maximum Gasteiger partial charge on any atom is 0.319 e. The highest BCUT2D eigenvalue weighted by atomic mass is 16.5. The number of rotatable bonds is 12. The Bertz CT molecular complexity index is 612. The molecule has 6 nitrogen and oxygen atoms in total. The van der Waals surface area contributed by atoms with Gasteiger partial charge in [0.1, 0.15) is 0 Å². The summed E-state index contributed by atoms with van der Waals surface area (Å²) in [6, 6.07) is 7.71. The Labute approximate surface area is 168 Å². The van der Waals surface area contributed by atoms with Gasteiger partial charge in [-0.15, -0.1) is 0 Å². The summed E-state index contributed by atoms with van der Waals surface area (Å²) in [5, 5.41) is 8.90. The van der Waals surface area contributed by atoms with E-state index in [0.29, 0.717) is 19.7 Å². The van der Waals surface area contributed by atoms with Gasteiger partial charge in [-0.2, -0.15) is 0 Å². The molecule has 1 heterocycles. The zero-order valence-corrected chi connectivity index (χ0v) is 17.3. The molecule has 1 aliphatic rings. The molecule has 1 aromatic rings. The number of esters is 1. The molecule has 0 spiro atoms. The lowest BCUT2D eigenvalue weighted by molar-refractivity contribution is -0.145. The van der Waals surface area contributed by atoms with Crippen molar-refractivity contribution in [1.29, 1.82) is 0 Å². The smallest absolute Gasteiger partial charge is 0.319 e. The fourth-order valence-corrected chi connectivity index (χ4v) is 3.44. The molecular formula is C22H35N3O3. The van der Waals surface area contributed by atoms with E-state index in [1.807, 2.05) is 12.1 Å². The van der Waals surface area contributed by atoms with E-state index in [1.54, 1.807) is 6.92 Å². The van der Waals surface area contributed by atoms with Gasteiger partial charge in [-0.25, -0.2) is 4.79 Å². The highest BCUT2D eigenvalue weighted by Crippen LogP contribution is 2.18. The Balaban J connectivity index is 1.73. The van der Waals surface area contributed by atoms with Crippen LogP contribution in [0.1, 0.15) is 64.4 Å².